The molecule has 27 heavy (non-hydrogen) atoms. The molecular formula is C19H26N6OS. The molecule has 7 nitrogen and oxygen atoms in total. The van der Waals surface area contributed by atoms with E-state index in [9.17, 15) is 4.79 Å². The molecule has 3 unspecified atom stereocenters. The van der Waals surface area contributed by atoms with E-state index in [0.29, 0.717) is 24.4 Å². The maximum absolute atomic E-state index is 13.0. The van der Waals surface area contributed by atoms with Crippen molar-refractivity contribution >= 4 is 23.2 Å². The Hall–Kier alpha value is -2.03. The lowest BCUT2D eigenvalue weighted by molar-refractivity contribution is -0.132. The smallest absolute Gasteiger partial charge is 0.227 e. The molecule has 2 fully saturated rings. The molecule has 2 aromatic rings. The van der Waals surface area contributed by atoms with Gasteiger partial charge in [-0.2, -0.15) is 0 Å². The van der Waals surface area contributed by atoms with Crippen molar-refractivity contribution in [1.29, 1.82) is 0 Å². The van der Waals surface area contributed by atoms with Crippen molar-refractivity contribution in [2.24, 2.45) is 5.92 Å². The lowest BCUT2D eigenvalue weighted by Crippen LogP contribution is -2.49. The van der Waals surface area contributed by atoms with E-state index in [0.717, 1.165) is 42.9 Å². The van der Waals surface area contributed by atoms with Crippen molar-refractivity contribution < 1.29 is 4.79 Å². The van der Waals surface area contributed by atoms with Crippen molar-refractivity contribution in [3.8, 4) is 0 Å². The van der Waals surface area contributed by atoms with Crippen molar-refractivity contribution in [2.75, 3.05) is 18.8 Å². The molecular weight excluding hydrogens is 360 g/mol. The highest BCUT2D eigenvalue weighted by molar-refractivity contribution is 7.09. The number of nitrogens with two attached hydrogens (primary N) is 1. The van der Waals surface area contributed by atoms with Crippen LogP contribution in [0.3, 0.4) is 0 Å². The van der Waals surface area contributed by atoms with Gasteiger partial charge in [-0.15, -0.1) is 11.3 Å². The zero-order chi connectivity index (χ0) is 19.0. The molecule has 0 aliphatic carbocycles. The third kappa shape index (κ3) is 3.83. The van der Waals surface area contributed by atoms with Gasteiger partial charge >= 0.3 is 0 Å². The normalized spacial score (nSPS) is 24.8. The number of hydrogen-bond acceptors (Lipinski definition) is 7. The Morgan fingerprint density at radius 1 is 1.33 bits per heavy atom. The molecule has 2 aromatic heterocycles. The number of likely N-dealkylation sites (tertiary alicyclic amines) is 1. The van der Waals surface area contributed by atoms with Gasteiger partial charge in [0.2, 0.25) is 11.9 Å². The van der Waals surface area contributed by atoms with Crippen LogP contribution < -0.4 is 16.6 Å². The van der Waals surface area contributed by atoms with Gasteiger partial charge in [-0.3, -0.25) is 15.6 Å². The minimum atomic E-state index is 0.148. The summed E-state index contributed by atoms with van der Waals surface area (Å²) < 4.78 is 0. The largest absolute Gasteiger partial charge is 0.368 e. The van der Waals surface area contributed by atoms with Crippen LogP contribution in [-0.4, -0.2) is 45.9 Å². The van der Waals surface area contributed by atoms with Gasteiger partial charge in [-0.25, -0.2) is 9.97 Å². The second kappa shape index (κ2) is 7.53. The van der Waals surface area contributed by atoms with Crippen LogP contribution >= 0.6 is 11.3 Å². The SMILES string of the molecule is Cc1nc(N)nc(C)c1CC(=O)N1CCC2NNC(Cc3cccs3)C2C1. The van der Waals surface area contributed by atoms with E-state index in [-0.39, 0.29) is 11.9 Å². The number of piperidine rings is 1. The molecule has 0 radical (unpaired) electrons. The third-order valence-corrected chi connectivity index (χ3v) is 6.65. The summed E-state index contributed by atoms with van der Waals surface area (Å²) in [7, 11) is 0. The van der Waals surface area contributed by atoms with Crippen LogP contribution in [-0.2, 0) is 17.6 Å². The Morgan fingerprint density at radius 2 is 2.11 bits per heavy atom. The molecule has 0 bridgehead atoms. The first-order valence-corrected chi connectivity index (χ1v) is 10.3. The Kier molecular flexibility index (Phi) is 5.12. The number of nitrogens with zero attached hydrogens (tertiary/aromatic N) is 3. The molecule has 4 N–H and O–H groups in total. The number of rotatable bonds is 4. The van der Waals surface area contributed by atoms with Gasteiger partial charge in [0.1, 0.15) is 0 Å². The highest BCUT2D eigenvalue weighted by Crippen LogP contribution is 2.28. The molecule has 4 rings (SSSR count). The van der Waals surface area contributed by atoms with Crippen LogP contribution in [0.1, 0.15) is 28.2 Å². The van der Waals surface area contributed by atoms with E-state index in [1.807, 2.05) is 18.7 Å². The number of nitrogens with one attached hydrogen (secondary N) is 2. The number of aryl methyl sites for hydroxylation is 2. The third-order valence-electron chi connectivity index (χ3n) is 5.75. The number of fused-ring (bicyclic) bond motifs is 1. The quantitative estimate of drug-likeness (QED) is 0.731. The van der Waals surface area contributed by atoms with Crippen molar-refractivity contribution in [3.05, 3.63) is 39.3 Å². The van der Waals surface area contributed by atoms with Crippen LogP contribution in [0, 0.1) is 19.8 Å². The lowest BCUT2D eigenvalue weighted by Gasteiger charge is -2.36. The van der Waals surface area contributed by atoms with Gasteiger partial charge in [-0.1, -0.05) is 6.07 Å². The van der Waals surface area contributed by atoms with E-state index in [1.54, 1.807) is 11.3 Å². The number of anilines is 1. The molecule has 2 saturated heterocycles. The van der Waals surface area contributed by atoms with Gasteiger partial charge < -0.3 is 10.6 Å². The molecule has 0 spiro atoms. The fourth-order valence-electron chi connectivity index (χ4n) is 4.25. The van der Waals surface area contributed by atoms with Gasteiger partial charge in [0, 0.05) is 52.9 Å². The standard InChI is InChI=1S/C19H26N6OS/c1-11-14(12(2)22-19(20)21-11)9-18(26)25-6-5-16-15(10-25)17(24-23-16)8-13-4-3-7-27-13/h3-4,7,15-17,23-24H,5-6,8-10H2,1-2H3,(H2,20,21,22). The summed E-state index contributed by atoms with van der Waals surface area (Å²) in [6.07, 6.45) is 2.31. The fourth-order valence-corrected chi connectivity index (χ4v) is 5.01. The summed E-state index contributed by atoms with van der Waals surface area (Å²) in [5, 5.41) is 2.12. The number of carbonyl (C=O) groups excluding carboxylic acids is 1. The number of nitrogen functional groups attached to an aromatic ring is 1. The van der Waals surface area contributed by atoms with E-state index >= 15 is 0 Å². The van der Waals surface area contributed by atoms with Crippen LogP contribution in [0.25, 0.3) is 0 Å². The van der Waals surface area contributed by atoms with Crippen molar-refractivity contribution in [3.63, 3.8) is 0 Å². The van der Waals surface area contributed by atoms with Crippen LogP contribution in [0.2, 0.25) is 0 Å². The Labute approximate surface area is 163 Å². The van der Waals surface area contributed by atoms with Gasteiger partial charge in [0.05, 0.1) is 6.42 Å². The average molecular weight is 387 g/mol. The number of aromatic nitrogens is 2. The highest BCUT2D eigenvalue weighted by Gasteiger charge is 2.40. The number of thiophene rings is 1. The molecule has 0 aromatic carbocycles. The van der Waals surface area contributed by atoms with E-state index in [4.69, 9.17) is 5.73 Å². The predicted molar refractivity (Wildman–Crippen MR) is 106 cm³/mol. The fraction of sp³-hybridized carbons (Fsp3) is 0.526. The Balaban J connectivity index is 1.43. The molecule has 8 heteroatoms. The topological polar surface area (TPSA) is 96.2 Å². The summed E-state index contributed by atoms with van der Waals surface area (Å²) in [6, 6.07) is 5.06. The summed E-state index contributed by atoms with van der Waals surface area (Å²) >= 11 is 1.79. The number of hydrazine groups is 1. The summed E-state index contributed by atoms with van der Waals surface area (Å²) in [6.45, 7) is 5.35. The van der Waals surface area contributed by atoms with Crippen LogP contribution in [0.4, 0.5) is 5.95 Å². The molecule has 0 saturated carbocycles. The van der Waals surface area contributed by atoms with Gasteiger partial charge in [0.15, 0.2) is 0 Å². The Morgan fingerprint density at radius 3 is 2.81 bits per heavy atom. The summed E-state index contributed by atoms with van der Waals surface area (Å²) in [5.41, 5.74) is 15.1. The van der Waals surface area contributed by atoms with Crippen molar-refractivity contribution in [2.45, 2.75) is 45.2 Å². The molecule has 3 atom stereocenters. The van der Waals surface area contributed by atoms with Crippen LogP contribution in [0.5, 0.6) is 0 Å². The zero-order valence-corrected chi connectivity index (χ0v) is 16.6. The Bertz CT molecular complexity index is 801. The second-order valence-electron chi connectivity index (χ2n) is 7.49. The number of carbonyl (C=O) groups is 1. The zero-order valence-electron chi connectivity index (χ0n) is 15.7. The predicted octanol–water partition coefficient (Wildman–Crippen LogP) is 1.22. The van der Waals surface area contributed by atoms with E-state index in [2.05, 4.69) is 38.3 Å². The first-order valence-electron chi connectivity index (χ1n) is 9.42. The van der Waals surface area contributed by atoms with E-state index in [1.165, 1.54) is 4.88 Å². The first-order chi connectivity index (χ1) is 13.0. The average Bonchev–Trinajstić information content (AvgIpc) is 3.28. The maximum Gasteiger partial charge on any atom is 0.227 e. The first kappa shape index (κ1) is 18.3. The maximum atomic E-state index is 13.0. The molecule has 144 valence electrons. The molecule has 2 aliphatic heterocycles. The minimum Gasteiger partial charge on any atom is -0.368 e. The van der Waals surface area contributed by atoms with Crippen LogP contribution in [0.15, 0.2) is 17.5 Å². The van der Waals surface area contributed by atoms with Gasteiger partial charge in [-0.05, 0) is 38.1 Å². The molecule has 4 heterocycles. The summed E-state index contributed by atoms with van der Waals surface area (Å²) in [5.74, 6) is 0.839. The number of amides is 1. The van der Waals surface area contributed by atoms with E-state index < -0.39 is 0 Å². The monoisotopic (exact) mass is 386 g/mol. The lowest BCUT2D eigenvalue weighted by atomic mass is 9.86. The van der Waals surface area contributed by atoms with Crippen molar-refractivity contribution in [1.82, 2.24) is 25.7 Å². The highest BCUT2D eigenvalue weighted by atomic mass is 32.1. The molecule has 2 aliphatic rings. The summed E-state index contributed by atoms with van der Waals surface area (Å²) in [4.78, 5) is 24.8. The second-order valence-corrected chi connectivity index (χ2v) is 8.52. The number of hydrogen-bond donors (Lipinski definition) is 3. The van der Waals surface area contributed by atoms with Gasteiger partial charge in [0.25, 0.3) is 0 Å². The molecule has 1 amide bonds. The minimum absolute atomic E-state index is 0.148.